The minimum atomic E-state index is -0.885. The molecule has 1 N–H and O–H groups in total. The third kappa shape index (κ3) is 5.38. The van der Waals surface area contributed by atoms with E-state index in [0.29, 0.717) is 6.07 Å². The normalized spacial score (nSPS) is 11.7. The van der Waals surface area contributed by atoms with Crippen LogP contribution in [0.5, 0.6) is 0 Å². The number of hydrogen-bond donors (Lipinski definition) is 1. The van der Waals surface area contributed by atoms with Crippen molar-refractivity contribution in [2.75, 3.05) is 7.11 Å². The highest BCUT2D eigenvalue weighted by molar-refractivity contribution is 5.85. The van der Waals surface area contributed by atoms with Gasteiger partial charge in [0.2, 0.25) is 5.91 Å². The molecule has 2 rings (SSSR count). The first-order valence-corrected chi connectivity index (χ1v) is 7.75. The molecule has 0 unspecified atom stereocenters. The lowest BCUT2D eigenvalue weighted by atomic mass is 10.0. The molecule has 0 saturated heterocycles. The number of halogens is 2. The molecule has 0 radical (unpaired) electrons. The lowest BCUT2D eigenvalue weighted by Gasteiger charge is -2.17. The van der Waals surface area contributed by atoms with Gasteiger partial charge in [0.1, 0.15) is 17.7 Å². The van der Waals surface area contributed by atoms with Gasteiger partial charge in [-0.15, -0.1) is 0 Å². The van der Waals surface area contributed by atoms with Crippen LogP contribution in [0.25, 0.3) is 0 Å². The van der Waals surface area contributed by atoms with Crippen LogP contribution in [0.3, 0.4) is 0 Å². The van der Waals surface area contributed by atoms with E-state index in [1.165, 1.54) is 13.2 Å². The average Bonchev–Trinajstić information content (AvgIpc) is 2.58. The number of nitrogens with one attached hydrogen (secondary N) is 1. The monoisotopic (exact) mass is 347 g/mol. The van der Waals surface area contributed by atoms with Crippen molar-refractivity contribution in [2.24, 2.45) is 0 Å². The van der Waals surface area contributed by atoms with Gasteiger partial charge in [-0.1, -0.05) is 35.9 Å². The van der Waals surface area contributed by atoms with Gasteiger partial charge < -0.3 is 10.1 Å². The zero-order valence-corrected chi connectivity index (χ0v) is 14.0. The van der Waals surface area contributed by atoms with E-state index in [0.717, 1.165) is 17.2 Å². The van der Waals surface area contributed by atoms with Crippen molar-refractivity contribution in [3.8, 4) is 0 Å². The number of benzene rings is 2. The molecule has 4 nitrogen and oxygen atoms in total. The van der Waals surface area contributed by atoms with Crippen LogP contribution in [-0.2, 0) is 27.2 Å². The molecule has 0 aliphatic heterocycles. The highest BCUT2D eigenvalue weighted by Gasteiger charge is 2.22. The van der Waals surface area contributed by atoms with E-state index >= 15 is 0 Å². The Morgan fingerprint density at radius 2 is 1.80 bits per heavy atom. The summed E-state index contributed by atoms with van der Waals surface area (Å²) in [6.45, 7) is 1.95. The second-order valence-electron chi connectivity index (χ2n) is 5.75. The summed E-state index contributed by atoms with van der Waals surface area (Å²) in [5, 5.41) is 2.55. The highest BCUT2D eigenvalue weighted by atomic mass is 19.1. The Balaban J connectivity index is 2.06. The number of ether oxygens (including phenoxy) is 1. The Hall–Kier alpha value is -2.76. The molecule has 2 aromatic rings. The number of methoxy groups -OCH3 is 1. The van der Waals surface area contributed by atoms with Crippen LogP contribution in [0, 0.1) is 18.6 Å². The van der Waals surface area contributed by atoms with E-state index in [2.05, 4.69) is 5.32 Å². The maximum absolute atomic E-state index is 13.6. The number of rotatable bonds is 6. The number of carbonyl (C=O) groups is 2. The molecule has 0 aromatic heterocycles. The van der Waals surface area contributed by atoms with Gasteiger partial charge in [-0.05, 0) is 24.1 Å². The third-order valence-corrected chi connectivity index (χ3v) is 3.75. The van der Waals surface area contributed by atoms with Crippen molar-refractivity contribution < 1.29 is 23.1 Å². The summed E-state index contributed by atoms with van der Waals surface area (Å²) >= 11 is 0. The Kier molecular flexibility index (Phi) is 6.22. The lowest BCUT2D eigenvalue weighted by molar-refractivity contribution is -0.145. The summed E-state index contributed by atoms with van der Waals surface area (Å²) in [5.41, 5.74) is 1.99. The van der Waals surface area contributed by atoms with Crippen LogP contribution in [0.1, 0.15) is 16.7 Å². The number of amides is 1. The van der Waals surface area contributed by atoms with Crippen LogP contribution >= 0.6 is 0 Å². The van der Waals surface area contributed by atoms with Crippen molar-refractivity contribution in [3.05, 3.63) is 70.8 Å². The Bertz CT molecular complexity index is 760. The number of carbonyl (C=O) groups excluding carboxylic acids is 2. The SMILES string of the molecule is COC(=O)[C@H](Cc1ccc(C)cc1)NC(=O)Cc1ccc(F)cc1F. The highest BCUT2D eigenvalue weighted by Crippen LogP contribution is 2.11. The predicted molar refractivity (Wildman–Crippen MR) is 88.9 cm³/mol. The number of hydrogen-bond acceptors (Lipinski definition) is 3. The Morgan fingerprint density at radius 1 is 1.12 bits per heavy atom. The summed E-state index contributed by atoms with van der Waals surface area (Å²) in [7, 11) is 1.23. The van der Waals surface area contributed by atoms with Gasteiger partial charge in [0, 0.05) is 12.5 Å². The van der Waals surface area contributed by atoms with Crippen LogP contribution in [0.15, 0.2) is 42.5 Å². The van der Waals surface area contributed by atoms with E-state index in [1.807, 2.05) is 31.2 Å². The molecule has 1 amide bonds. The maximum Gasteiger partial charge on any atom is 0.328 e. The first-order valence-electron chi connectivity index (χ1n) is 7.75. The molecule has 1 atom stereocenters. The molecule has 0 aliphatic rings. The van der Waals surface area contributed by atoms with E-state index in [1.54, 1.807) is 0 Å². The topological polar surface area (TPSA) is 55.4 Å². The van der Waals surface area contributed by atoms with Crippen LogP contribution in [-0.4, -0.2) is 25.0 Å². The number of aryl methyl sites for hydroxylation is 1. The van der Waals surface area contributed by atoms with Crippen molar-refractivity contribution in [1.29, 1.82) is 0 Å². The Morgan fingerprint density at radius 3 is 2.40 bits per heavy atom. The largest absolute Gasteiger partial charge is 0.467 e. The first-order chi connectivity index (χ1) is 11.9. The second kappa shape index (κ2) is 8.37. The van der Waals surface area contributed by atoms with Crippen molar-refractivity contribution >= 4 is 11.9 Å². The average molecular weight is 347 g/mol. The molecule has 0 bridgehead atoms. The van der Waals surface area contributed by atoms with Crippen molar-refractivity contribution in [3.63, 3.8) is 0 Å². The quantitative estimate of drug-likeness (QED) is 0.818. The van der Waals surface area contributed by atoms with Gasteiger partial charge >= 0.3 is 5.97 Å². The molecule has 0 spiro atoms. The van der Waals surface area contributed by atoms with Crippen LogP contribution in [0.2, 0.25) is 0 Å². The maximum atomic E-state index is 13.6. The van der Waals surface area contributed by atoms with Gasteiger partial charge in [-0.3, -0.25) is 4.79 Å². The van der Waals surface area contributed by atoms with E-state index < -0.39 is 29.6 Å². The fourth-order valence-corrected chi connectivity index (χ4v) is 2.38. The predicted octanol–water partition coefficient (Wildman–Crippen LogP) is 2.72. The van der Waals surface area contributed by atoms with E-state index in [9.17, 15) is 18.4 Å². The molecule has 6 heteroatoms. The van der Waals surface area contributed by atoms with Gasteiger partial charge in [0.25, 0.3) is 0 Å². The van der Waals surface area contributed by atoms with E-state index in [-0.39, 0.29) is 18.4 Å². The summed E-state index contributed by atoms with van der Waals surface area (Å²) in [6.07, 6.45) is -0.0436. The summed E-state index contributed by atoms with van der Waals surface area (Å²) in [5.74, 6) is -2.65. The van der Waals surface area contributed by atoms with Crippen molar-refractivity contribution in [2.45, 2.75) is 25.8 Å². The molecule has 0 aliphatic carbocycles. The van der Waals surface area contributed by atoms with Gasteiger partial charge in [-0.25, -0.2) is 13.6 Å². The fraction of sp³-hybridized carbons (Fsp3) is 0.263. The van der Waals surface area contributed by atoms with Gasteiger partial charge in [-0.2, -0.15) is 0 Å². The molecule has 2 aromatic carbocycles. The third-order valence-electron chi connectivity index (χ3n) is 3.75. The second-order valence-corrected chi connectivity index (χ2v) is 5.75. The van der Waals surface area contributed by atoms with Gasteiger partial charge in [0.15, 0.2) is 0 Å². The zero-order valence-electron chi connectivity index (χ0n) is 14.0. The fourth-order valence-electron chi connectivity index (χ4n) is 2.38. The Labute approximate surface area is 144 Å². The van der Waals surface area contributed by atoms with E-state index in [4.69, 9.17) is 4.74 Å². The molecule has 25 heavy (non-hydrogen) atoms. The smallest absolute Gasteiger partial charge is 0.328 e. The molecule has 0 saturated carbocycles. The molecular formula is C19H19F2NO3. The molecule has 132 valence electrons. The summed E-state index contributed by atoms with van der Waals surface area (Å²) in [6, 6.07) is 9.64. The summed E-state index contributed by atoms with van der Waals surface area (Å²) in [4.78, 5) is 24.1. The first kappa shape index (κ1) is 18.6. The summed E-state index contributed by atoms with van der Waals surface area (Å²) < 4.78 is 31.3. The lowest BCUT2D eigenvalue weighted by Crippen LogP contribution is -2.43. The molecule has 0 heterocycles. The van der Waals surface area contributed by atoms with Crippen molar-refractivity contribution in [1.82, 2.24) is 5.32 Å². The van der Waals surface area contributed by atoms with Crippen LogP contribution < -0.4 is 5.32 Å². The van der Waals surface area contributed by atoms with Crippen LogP contribution in [0.4, 0.5) is 8.78 Å². The minimum Gasteiger partial charge on any atom is -0.467 e. The number of esters is 1. The standard InChI is InChI=1S/C19H19F2NO3/c1-12-3-5-13(6-4-12)9-17(19(24)25-2)22-18(23)10-14-7-8-15(20)11-16(14)21/h3-8,11,17H,9-10H2,1-2H3,(H,22,23)/t17-/m0/s1. The minimum absolute atomic E-state index is 0.0536. The van der Waals surface area contributed by atoms with Gasteiger partial charge in [0.05, 0.1) is 13.5 Å². The zero-order chi connectivity index (χ0) is 18.4. The molecular weight excluding hydrogens is 328 g/mol. The molecule has 0 fully saturated rings.